The molecule has 2 atom stereocenters. The largest absolute Gasteiger partial charge is 0.387 e. The number of aliphatic hydroxyl groups excluding tert-OH is 2. The highest BCUT2D eigenvalue weighted by molar-refractivity contribution is 5.81. The van der Waals surface area contributed by atoms with E-state index in [9.17, 15) is 19.4 Å². The van der Waals surface area contributed by atoms with Crippen LogP contribution in [0.5, 0.6) is 0 Å². The lowest BCUT2D eigenvalue weighted by Gasteiger charge is -2.15. The third kappa shape index (κ3) is 4.11. The predicted octanol–water partition coefficient (Wildman–Crippen LogP) is 1.71. The van der Waals surface area contributed by atoms with Gasteiger partial charge in [-0.2, -0.15) is 0 Å². The number of carbonyl (C=O) groups is 1. The standard InChI is InChI=1S/C16H16FNO3/c17-13-8-6-11(7-9-13)14(19)10-18-16(21)15(20)12-4-2-1-3-5-12/h1-9,14-15,19-20H,10H2,(H,18,21). The maximum atomic E-state index is 12.8. The fourth-order valence-corrected chi connectivity index (χ4v) is 1.88. The van der Waals surface area contributed by atoms with Crippen molar-refractivity contribution in [3.8, 4) is 0 Å². The van der Waals surface area contributed by atoms with Gasteiger partial charge in [0.05, 0.1) is 6.10 Å². The quantitative estimate of drug-likeness (QED) is 0.785. The van der Waals surface area contributed by atoms with E-state index in [4.69, 9.17) is 0 Å². The molecule has 0 fully saturated rings. The summed E-state index contributed by atoms with van der Waals surface area (Å²) in [5.41, 5.74) is 0.970. The number of benzene rings is 2. The first-order valence-corrected chi connectivity index (χ1v) is 6.52. The van der Waals surface area contributed by atoms with Gasteiger partial charge in [0.15, 0.2) is 6.10 Å². The first-order valence-electron chi connectivity index (χ1n) is 6.52. The van der Waals surface area contributed by atoms with Crippen LogP contribution in [-0.2, 0) is 4.79 Å². The molecule has 0 aromatic heterocycles. The molecule has 4 nitrogen and oxygen atoms in total. The Morgan fingerprint density at radius 3 is 2.24 bits per heavy atom. The van der Waals surface area contributed by atoms with Gasteiger partial charge < -0.3 is 15.5 Å². The number of hydrogen-bond acceptors (Lipinski definition) is 3. The zero-order valence-electron chi connectivity index (χ0n) is 11.2. The Labute approximate surface area is 121 Å². The van der Waals surface area contributed by atoms with Gasteiger partial charge in [0.25, 0.3) is 5.91 Å². The molecule has 0 radical (unpaired) electrons. The smallest absolute Gasteiger partial charge is 0.253 e. The highest BCUT2D eigenvalue weighted by Gasteiger charge is 2.18. The van der Waals surface area contributed by atoms with Gasteiger partial charge in [0.2, 0.25) is 0 Å². The van der Waals surface area contributed by atoms with Crippen molar-refractivity contribution in [2.45, 2.75) is 12.2 Å². The number of carbonyl (C=O) groups excluding carboxylic acids is 1. The van der Waals surface area contributed by atoms with Crippen LogP contribution in [0.15, 0.2) is 54.6 Å². The summed E-state index contributed by atoms with van der Waals surface area (Å²) in [5, 5.41) is 22.2. The lowest BCUT2D eigenvalue weighted by Crippen LogP contribution is -2.32. The number of nitrogens with one attached hydrogen (secondary N) is 1. The van der Waals surface area contributed by atoms with Crippen LogP contribution in [0.25, 0.3) is 0 Å². The van der Waals surface area contributed by atoms with Crippen molar-refractivity contribution in [1.82, 2.24) is 5.32 Å². The number of hydrogen-bond donors (Lipinski definition) is 3. The number of aliphatic hydroxyl groups is 2. The first-order chi connectivity index (χ1) is 10.1. The van der Waals surface area contributed by atoms with Crippen LogP contribution < -0.4 is 5.32 Å². The molecule has 5 heteroatoms. The van der Waals surface area contributed by atoms with Gasteiger partial charge in [-0.3, -0.25) is 4.79 Å². The van der Waals surface area contributed by atoms with Crippen LogP contribution in [-0.4, -0.2) is 22.7 Å². The molecule has 2 rings (SSSR count). The highest BCUT2D eigenvalue weighted by atomic mass is 19.1. The van der Waals surface area contributed by atoms with E-state index in [0.717, 1.165) is 0 Å². The minimum Gasteiger partial charge on any atom is -0.387 e. The summed E-state index contributed by atoms with van der Waals surface area (Å²) >= 11 is 0. The molecule has 0 bridgehead atoms. The SMILES string of the molecule is O=C(NCC(O)c1ccc(F)cc1)C(O)c1ccccc1. The number of amides is 1. The van der Waals surface area contributed by atoms with Gasteiger partial charge in [-0.15, -0.1) is 0 Å². The second-order valence-corrected chi connectivity index (χ2v) is 4.63. The fraction of sp³-hybridized carbons (Fsp3) is 0.188. The molecule has 0 heterocycles. The van der Waals surface area contributed by atoms with E-state index in [1.165, 1.54) is 24.3 Å². The van der Waals surface area contributed by atoms with Crippen LogP contribution in [0.4, 0.5) is 4.39 Å². The third-order valence-corrected chi connectivity index (χ3v) is 3.09. The van der Waals surface area contributed by atoms with Crippen molar-refractivity contribution in [2.24, 2.45) is 0 Å². The minimum atomic E-state index is -1.29. The van der Waals surface area contributed by atoms with E-state index in [-0.39, 0.29) is 6.54 Å². The lowest BCUT2D eigenvalue weighted by atomic mass is 10.1. The second kappa shape index (κ2) is 6.97. The predicted molar refractivity (Wildman–Crippen MR) is 75.8 cm³/mol. The molecular weight excluding hydrogens is 273 g/mol. The Balaban J connectivity index is 1.90. The third-order valence-electron chi connectivity index (χ3n) is 3.09. The molecule has 0 aliphatic rings. The van der Waals surface area contributed by atoms with E-state index in [1.54, 1.807) is 30.3 Å². The molecule has 2 unspecified atom stereocenters. The van der Waals surface area contributed by atoms with Crippen molar-refractivity contribution in [1.29, 1.82) is 0 Å². The zero-order chi connectivity index (χ0) is 15.2. The molecule has 1 amide bonds. The maximum Gasteiger partial charge on any atom is 0.253 e. The van der Waals surface area contributed by atoms with Crippen molar-refractivity contribution in [3.63, 3.8) is 0 Å². The van der Waals surface area contributed by atoms with Gasteiger partial charge in [0.1, 0.15) is 5.82 Å². The van der Waals surface area contributed by atoms with Gasteiger partial charge in [-0.05, 0) is 23.3 Å². The summed E-state index contributed by atoms with van der Waals surface area (Å²) in [5.74, 6) is -0.989. The van der Waals surface area contributed by atoms with Crippen LogP contribution in [0.3, 0.4) is 0 Å². The summed E-state index contributed by atoms with van der Waals surface area (Å²) < 4.78 is 12.8. The number of halogens is 1. The lowest BCUT2D eigenvalue weighted by molar-refractivity contribution is -0.130. The summed E-state index contributed by atoms with van der Waals surface area (Å²) in [7, 11) is 0. The second-order valence-electron chi connectivity index (χ2n) is 4.63. The van der Waals surface area contributed by atoms with E-state index >= 15 is 0 Å². The number of rotatable bonds is 5. The molecule has 3 N–H and O–H groups in total. The van der Waals surface area contributed by atoms with Crippen molar-refractivity contribution < 1.29 is 19.4 Å². The molecular formula is C16H16FNO3. The van der Waals surface area contributed by atoms with Gasteiger partial charge in [-0.25, -0.2) is 4.39 Å². The molecule has 0 aliphatic heterocycles. The molecule has 110 valence electrons. The fourth-order valence-electron chi connectivity index (χ4n) is 1.88. The monoisotopic (exact) mass is 289 g/mol. The van der Waals surface area contributed by atoms with Crippen molar-refractivity contribution >= 4 is 5.91 Å². The first kappa shape index (κ1) is 15.2. The summed E-state index contributed by atoms with van der Waals surface area (Å²) in [6, 6.07) is 13.9. The molecule has 0 spiro atoms. The maximum absolute atomic E-state index is 12.8. The average molecular weight is 289 g/mol. The van der Waals surface area contributed by atoms with Crippen LogP contribution in [0.1, 0.15) is 23.3 Å². The van der Waals surface area contributed by atoms with E-state index in [2.05, 4.69) is 5.32 Å². The summed E-state index contributed by atoms with van der Waals surface area (Å²) in [6.45, 7) is -0.0612. The molecule has 2 aromatic carbocycles. The average Bonchev–Trinajstić information content (AvgIpc) is 2.53. The summed E-state index contributed by atoms with van der Waals surface area (Å²) in [6.07, 6.45) is -2.25. The molecule has 21 heavy (non-hydrogen) atoms. The highest BCUT2D eigenvalue weighted by Crippen LogP contribution is 2.14. The Morgan fingerprint density at radius 1 is 1.00 bits per heavy atom. The van der Waals surface area contributed by atoms with Crippen molar-refractivity contribution in [3.05, 3.63) is 71.5 Å². The van der Waals surface area contributed by atoms with Gasteiger partial charge >= 0.3 is 0 Å². The molecule has 0 aliphatic carbocycles. The van der Waals surface area contributed by atoms with Crippen molar-refractivity contribution in [2.75, 3.05) is 6.54 Å². The van der Waals surface area contributed by atoms with E-state index in [1.807, 2.05) is 0 Å². The summed E-state index contributed by atoms with van der Waals surface area (Å²) in [4.78, 5) is 11.8. The normalized spacial score (nSPS) is 13.5. The Kier molecular flexibility index (Phi) is 5.03. The Bertz CT molecular complexity index is 586. The van der Waals surface area contributed by atoms with E-state index in [0.29, 0.717) is 11.1 Å². The molecule has 0 saturated carbocycles. The van der Waals surface area contributed by atoms with Crippen LogP contribution in [0, 0.1) is 5.82 Å². The Morgan fingerprint density at radius 2 is 1.62 bits per heavy atom. The zero-order valence-corrected chi connectivity index (χ0v) is 11.2. The topological polar surface area (TPSA) is 69.6 Å². The molecule has 0 saturated heterocycles. The van der Waals surface area contributed by atoms with E-state index < -0.39 is 23.9 Å². The molecule has 2 aromatic rings. The van der Waals surface area contributed by atoms with Crippen LogP contribution in [0.2, 0.25) is 0 Å². The minimum absolute atomic E-state index is 0.0612. The van der Waals surface area contributed by atoms with Crippen LogP contribution >= 0.6 is 0 Å². The van der Waals surface area contributed by atoms with Gasteiger partial charge in [0, 0.05) is 6.54 Å². The Hall–Kier alpha value is -2.24. The van der Waals surface area contributed by atoms with Gasteiger partial charge in [-0.1, -0.05) is 42.5 Å².